The molecule has 0 radical (unpaired) electrons. The van der Waals surface area contributed by atoms with Gasteiger partial charge in [0.1, 0.15) is 17.1 Å². The smallest absolute Gasteiger partial charge is 1.00 e. The van der Waals surface area contributed by atoms with Crippen molar-refractivity contribution in [2.75, 3.05) is 17.3 Å². The van der Waals surface area contributed by atoms with E-state index in [1.165, 1.54) is 39.8 Å². The number of fused-ring (bicyclic) bond motifs is 1. The molecule has 11 nitrogen and oxygen atoms in total. The van der Waals surface area contributed by atoms with Gasteiger partial charge in [-0.25, -0.2) is 4.79 Å². The number of amides is 2. The topological polar surface area (TPSA) is 166 Å². The van der Waals surface area contributed by atoms with E-state index in [0.29, 0.717) is 21.6 Å². The Kier molecular flexibility index (Phi) is 12.2. The van der Waals surface area contributed by atoms with Gasteiger partial charge in [0.2, 0.25) is 11.1 Å². The predicted octanol–water partition coefficient (Wildman–Crippen LogP) is -4.65. The van der Waals surface area contributed by atoms with Gasteiger partial charge in [-0.2, -0.15) is 4.98 Å². The molecule has 1 saturated heterocycles. The minimum atomic E-state index is -1.21. The molecule has 17 heteroatoms. The summed E-state index contributed by atoms with van der Waals surface area (Å²) >= 11 is 5.03. The summed E-state index contributed by atoms with van der Waals surface area (Å²) in [4.78, 5) is 53.9. The van der Waals surface area contributed by atoms with E-state index in [4.69, 9.17) is 5.11 Å². The summed E-state index contributed by atoms with van der Waals surface area (Å²) in [5, 5.41) is 29.9. The SMILES string of the molecule is O=C(O)CSc1nc(SCC2=C(C(=O)O)N3C(=O)C(NC(=O)Cc4cccs4)[C@H]3SC2)n[nH]1.[H-].[H-].[Na+].[Na+]. The van der Waals surface area contributed by atoms with E-state index in [9.17, 15) is 24.3 Å². The number of aromatic nitrogens is 3. The molecule has 0 saturated carbocycles. The number of hydrogen-bond acceptors (Lipinski definition) is 10. The molecule has 0 aliphatic carbocycles. The molecule has 2 aliphatic heterocycles. The fourth-order valence-corrected chi connectivity index (χ4v) is 6.80. The van der Waals surface area contributed by atoms with Crippen LogP contribution in [0.1, 0.15) is 7.73 Å². The molecule has 2 aromatic heterocycles. The third kappa shape index (κ3) is 7.52. The Bertz CT molecular complexity index is 1140. The van der Waals surface area contributed by atoms with Gasteiger partial charge in [-0.05, 0) is 17.0 Å². The molecule has 0 aromatic carbocycles. The second-order valence-corrected chi connectivity index (χ2v) is 10.9. The van der Waals surface area contributed by atoms with Crippen molar-refractivity contribution in [1.29, 1.82) is 0 Å². The summed E-state index contributed by atoms with van der Waals surface area (Å²) in [7, 11) is 0. The molecule has 4 rings (SSSR count). The van der Waals surface area contributed by atoms with Crippen LogP contribution >= 0.6 is 46.6 Å². The number of carboxylic acids is 2. The number of nitrogens with one attached hydrogen (secondary N) is 2. The maximum absolute atomic E-state index is 12.7. The molecular formula is C18H19N5Na2O6S4. The molecule has 1 unspecified atom stereocenters. The molecule has 0 bridgehead atoms. The van der Waals surface area contributed by atoms with Crippen LogP contribution in [0.3, 0.4) is 0 Å². The zero-order valence-corrected chi connectivity index (χ0v) is 26.0. The Morgan fingerprint density at radius 3 is 2.71 bits per heavy atom. The van der Waals surface area contributed by atoms with Gasteiger partial charge >= 0.3 is 71.1 Å². The van der Waals surface area contributed by atoms with E-state index in [2.05, 4.69) is 20.5 Å². The number of aromatic amines is 1. The van der Waals surface area contributed by atoms with Crippen molar-refractivity contribution in [3.8, 4) is 0 Å². The second-order valence-electron chi connectivity index (χ2n) is 6.86. The molecular weight excluding hydrogens is 556 g/mol. The van der Waals surface area contributed by atoms with Crippen LogP contribution < -0.4 is 64.4 Å². The molecule has 2 atom stereocenters. The first-order chi connectivity index (χ1) is 15.8. The van der Waals surface area contributed by atoms with Gasteiger partial charge in [0.25, 0.3) is 5.91 Å². The zero-order valence-electron chi connectivity index (χ0n) is 20.7. The summed E-state index contributed by atoms with van der Waals surface area (Å²) in [6.07, 6.45) is 0.172. The van der Waals surface area contributed by atoms with Crippen LogP contribution in [0.5, 0.6) is 0 Å². The van der Waals surface area contributed by atoms with E-state index < -0.39 is 29.3 Å². The van der Waals surface area contributed by atoms with Crippen LogP contribution in [-0.2, 0) is 25.6 Å². The number of β-lactam (4-membered cyclic amide) rings is 1. The van der Waals surface area contributed by atoms with Crippen molar-refractivity contribution >= 4 is 70.4 Å². The minimum absolute atomic E-state index is 0. The number of thioether (sulfide) groups is 3. The van der Waals surface area contributed by atoms with Crippen LogP contribution in [0.4, 0.5) is 0 Å². The molecule has 2 amide bonds. The number of carbonyl (C=O) groups excluding carboxylic acids is 2. The standard InChI is InChI=1S/C18H17N5O6S4.2Na.2H/c24-10(4-9-2-1-3-30-9)19-12-14(27)23-13(16(28)29)8(5-31-15(12)23)6-32-17-20-18(22-21-17)33-7-11(25)26;;;;/h1-3,12,15H,4-7H2,(H,19,24)(H,25,26)(H,28,29)(H,20,21,22);;;;/q;2*+1;2*-1/t12?,15-;;;;/m1..../s1. The number of carboxylic acid groups (broad SMARTS) is 2. The van der Waals surface area contributed by atoms with Crippen molar-refractivity contribution in [1.82, 2.24) is 25.4 Å². The Balaban J connectivity index is 0.00000324. The number of H-pyrrole nitrogens is 1. The van der Waals surface area contributed by atoms with Gasteiger partial charge < -0.3 is 18.4 Å². The normalized spacial score (nSPS) is 18.6. The van der Waals surface area contributed by atoms with Crippen LogP contribution in [0, 0.1) is 0 Å². The van der Waals surface area contributed by atoms with Crippen LogP contribution in [0.2, 0.25) is 0 Å². The average Bonchev–Trinajstić information content (AvgIpc) is 3.45. The van der Waals surface area contributed by atoms with E-state index in [-0.39, 0.29) is 91.5 Å². The fourth-order valence-electron chi connectivity index (χ4n) is 3.23. The van der Waals surface area contributed by atoms with Crippen molar-refractivity contribution in [2.45, 2.75) is 28.1 Å². The molecule has 0 spiro atoms. The predicted molar refractivity (Wildman–Crippen MR) is 125 cm³/mol. The maximum Gasteiger partial charge on any atom is 1.00 e. The molecule has 35 heavy (non-hydrogen) atoms. The number of carbonyl (C=O) groups is 4. The molecule has 2 aromatic rings. The van der Waals surface area contributed by atoms with Gasteiger partial charge in [-0.1, -0.05) is 29.6 Å². The Morgan fingerprint density at radius 2 is 2.06 bits per heavy atom. The number of rotatable bonds is 10. The Hall–Kier alpha value is -0.490. The van der Waals surface area contributed by atoms with Crippen molar-refractivity contribution in [3.05, 3.63) is 33.7 Å². The van der Waals surface area contributed by atoms with E-state index in [1.807, 2.05) is 17.5 Å². The molecule has 4 N–H and O–H groups in total. The fraction of sp³-hybridized carbons (Fsp3) is 0.333. The van der Waals surface area contributed by atoms with Gasteiger partial charge in [0.05, 0.1) is 12.2 Å². The summed E-state index contributed by atoms with van der Waals surface area (Å²) in [5.41, 5.74) is 0.478. The summed E-state index contributed by atoms with van der Waals surface area (Å²) in [6, 6.07) is 2.93. The minimum Gasteiger partial charge on any atom is -1.00 e. The molecule has 1 fully saturated rings. The first kappa shape index (κ1) is 30.7. The largest absolute Gasteiger partial charge is 1.00 e. The molecule has 4 heterocycles. The first-order valence-electron chi connectivity index (χ1n) is 9.45. The van der Waals surface area contributed by atoms with Crippen LogP contribution in [0.25, 0.3) is 0 Å². The van der Waals surface area contributed by atoms with Crippen molar-refractivity contribution in [3.63, 3.8) is 0 Å². The monoisotopic (exact) mass is 575 g/mol. The van der Waals surface area contributed by atoms with Gasteiger partial charge in [0.15, 0.2) is 5.16 Å². The molecule has 2 aliphatic rings. The number of aliphatic carboxylic acids is 2. The number of hydrogen-bond donors (Lipinski definition) is 4. The van der Waals surface area contributed by atoms with Gasteiger partial charge in [0, 0.05) is 16.4 Å². The van der Waals surface area contributed by atoms with Gasteiger partial charge in [-0.15, -0.1) is 28.2 Å². The maximum atomic E-state index is 12.7. The summed E-state index contributed by atoms with van der Waals surface area (Å²) in [6.45, 7) is 0. The molecule has 178 valence electrons. The zero-order chi connectivity index (χ0) is 23.5. The van der Waals surface area contributed by atoms with E-state index >= 15 is 0 Å². The summed E-state index contributed by atoms with van der Waals surface area (Å²) in [5.74, 6) is -2.44. The van der Waals surface area contributed by atoms with Crippen LogP contribution in [-0.4, -0.2) is 82.7 Å². The second kappa shape index (κ2) is 13.9. The number of nitrogens with zero attached hydrogens (tertiary/aromatic N) is 3. The van der Waals surface area contributed by atoms with Crippen molar-refractivity contribution in [2.24, 2.45) is 0 Å². The Morgan fingerprint density at radius 1 is 1.29 bits per heavy atom. The Labute approximate surface area is 263 Å². The van der Waals surface area contributed by atoms with E-state index in [1.54, 1.807) is 0 Å². The third-order valence-corrected chi connectivity index (χ3v) is 8.63. The third-order valence-electron chi connectivity index (χ3n) is 4.63. The summed E-state index contributed by atoms with van der Waals surface area (Å²) < 4.78 is 0. The van der Waals surface area contributed by atoms with Gasteiger partial charge in [-0.3, -0.25) is 24.4 Å². The van der Waals surface area contributed by atoms with Crippen LogP contribution in [0.15, 0.2) is 39.1 Å². The average molecular weight is 576 g/mol. The van der Waals surface area contributed by atoms with E-state index in [0.717, 1.165) is 16.6 Å². The first-order valence-corrected chi connectivity index (χ1v) is 13.3. The van der Waals surface area contributed by atoms with Crippen molar-refractivity contribution < 1.29 is 91.4 Å². The quantitative estimate of drug-likeness (QED) is 0.122. The number of thiophene rings is 1.